The molecule has 1 saturated heterocycles. The number of carbonyl (C=O) groups is 1. The van der Waals surface area contributed by atoms with Gasteiger partial charge in [-0.1, -0.05) is 6.42 Å². The second kappa shape index (κ2) is 4.89. The molecule has 1 N–H and O–H groups in total. The summed E-state index contributed by atoms with van der Waals surface area (Å²) in [5, 5.41) is 12.4. The molecule has 2 unspecified atom stereocenters. The zero-order chi connectivity index (χ0) is 12.5. The Labute approximate surface area is 108 Å². The zero-order valence-corrected chi connectivity index (χ0v) is 10.8. The average molecular weight is 247 g/mol. The van der Waals surface area contributed by atoms with Gasteiger partial charge < -0.3 is 10.2 Å². The average Bonchev–Trinajstić information content (AvgIpc) is 3.10. The van der Waals surface area contributed by atoms with Crippen molar-refractivity contribution in [1.82, 2.24) is 10.2 Å². The number of carbonyl (C=O) groups excluding carboxylic acids is 1. The molecule has 4 nitrogen and oxygen atoms in total. The summed E-state index contributed by atoms with van der Waals surface area (Å²) in [7, 11) is 0. The van der Waals surface area contributed by atoms with Gasteiger partial charge in [-0.3, -0.25) is 4.79 Å². The zero-order valence-electron chi connectivity index (χ0n) is 10.8. The molecular weight excluding hydrogens is 226 g/mol. The number of hydrogen-bond donors (Lipinski definition) is 1. The van der Waals surface area contributed by atoms with E-state index in [0.29, 0.717) is 12.6 Å². The number of fused-ring (bicyclic) bond motifs is 2. The lowest BCUT2D eigenvalue weighted by atomic mass is 9.95. The predicted molar refractivity (Wildman–Crippen MR) is 67.6 cm³/mol. The fourth-order valence-electron chi connectivity index (χ4n) is 4.01. The van der Waals surface area contributed by atoms with Crippen LogP contribution in [-0.4, -0.2) is 36.0 Å². The van der Waals surface area contributed by atoms with Crippen LogP contribution in [0.2, 0.25) is 0 Å². The van der Waals surface area contributed by atoms with Gasteiger partial charge in [0.25, 0.3) is 0 Å². The highest BCUT2D eigenvalue weighted by Gasteiger charge is 2.39. The molecule has 4 heteroatoms. The Bertz CT molecular complexity index is 376. The molecule has 18 heavy (non-hydrogen) atoms. The van der Waals surface area contributed by atoms with E-state index in [9.17, 15) is 4.79 Å². The lowest BCUT2D eigenvalue weighted by Crippen LogP contribution is -2.44. The Morgan fingerprint density at radius 3 is 2.89 bits per heavy atom. The van der Waals surface area contributed by atoms with Crippen molar-refractivity contribution in [3.05, 3.63) is 0 Å². The maximum Gasteiger partial charge on any atom is 0.237 e. The lowest BCUT2D eigenvalue weighted by molar-refractivity contribution is -0.130. The minimum Gasteiger partial charge on any atom is -0.326 e. The van der Waals surface area contributed by atoms with Gasteiger partial charge in [0, 0.05) is 12.6 Å². The Balaban J connectivity index is 1.48. The molecule has 1 aliphatic heterocycles. The van der Waals surface area contributed by atoms with Crippen molar-refractivity contribution in [3.63, 3.8) is 0 Å². The molecule has 98 valence electrons. The van der Waals surface area contributed by atoms with Gasteiger partial charge in [0.15, 0.2) is 0 Å². The van der Waals surface area contributed by atoms with Crippen LogP contribution >= 0.6 is 0 Å². The number of likely N-dealkylation sites (tertiary alicyclic amines) is 1. The third kappa shape index (κ3) is 2.12. The molecular formula is C14H21N3O. The van der Waals surface area contributed by atoms with Crippen LogP contribution in [0.1, 0.15) is 38.5 Å². The minimum atomic E-state index is -0.181. The first-order chi connectivity index (χ1) is 8.78. The molecule has 1 amide bonds. The molecule has 3 fully saturated rings. The first kappa shape index (κ1) is 12.0. The van der Waals surface area contributed by atoms with E-state index in [1.807, 2.05) is 0 Å². The first-order valence-corrected chi connectivity index (χ1v) is 7.20. The number of nitriles is 1. The lowest BCUT2D eigenvalue weighted by Gasteiger charge is -2.25. The predicted octanol–water partition coefficient (Wildman–Crippen LogP) is 1.28. The summed E-state index contributed by atoms with van der Waals surface area (Å²) >= 11 is 0. The van der Waals surface area contributed by atoms with Crippen molar-refractivity contribution >= 4 is 5.91 Å². The second-order valence-electron chi connectivity index (χ2n) is 6.04. The molecule has 0 aromatic carbocycles. The van der Waals surface area contributed by atoms with Gasteiger partial charge in [-0.15, -0.1) is 0 Å². The summed E-state index contributed by atoms with van der Waals surface area (Å²) < 4.78 is 0. The highest BCUT2D eigenvalue weighted by Crippen LogP contribution is 2.44. The summed E-state index contributed by atoms with van der Waals surface area (Å²) in [4.78, 5) is 13.8. The van der Waals surface area contributed by atoms with Crippen LogP contribution < -0.4 is 5.32 Å². The largest absolute Gasteiger partial charge is 0.326 e. The van der Waals surface area contributed by atoms with Crippen LogP contribution in [0.4, 0.5) is 0 Å². The van der Waals surface area contributed by atoms with E-state index in [0.717, 1.165) is 31.2 Å². The minimum absolute atomic E-state index is 0.113. The van der Waals surface area contributed by atoms with E-state index in [2.05, 4.69) is 11.4 Å². The van der Waals surface area contributed by atoms with Crippen molar-refractivity contribution < 1.29 is 4.79 Å². The second-order valence-corrected chi connectivity index (χ2v) is 6.04. The Morgan fingerprint density at radius 1 is 1.33 bits per heavy atom. The van der Waals surface area contributed by atoms with E-state index in [1.165, 1.54) is 25.7 Å². The number of amides is 1. The normalized spacial score (nSPS) is 38.1. The van der Waals surface area contributed by atoms with Gasteiger partial charge in [-0.25, -0.2) is 0 Å². The van der Waals surface area contributed by atoms with Crippen molar-refractivity contribution in [2.75, 3.05) is 13.1 Å². The number of nitrogens with one attached hydrogen (secondary N) is 1. The summed E-state index contributed by atoms with van der Waals surface area (Å²) in [5.74, 6) is 1.82. The van der Waals surface area contributed by atoms with Crippen LogP contribution in [0.25, 0.3) is 0 Å². The SMILES string of the molecule is N#C[C@@H]1CCCN1C(=O)CN[C@H]1CC2CCC1C2. The van der Waals surface area contributed by atoms with Crippen molar-refractivity contribution in [2.45, 2.75) is 50.6 Å². The topological polar surface area (TPSA) is 56.1 Å². The third-order valence-corrected chi connectivity index (χ3v) is 4.98. The fraction of sp³-hybridized carbons (Fsp3) is 0.857. The Kier molecular flexibility index (Phi) is 3.25. The summed E-state index contributed by atoms with van der Waals surface area (Å²) in [5.41, 5.74) is 0. The quantitative estimate of drug-likeness (QED) is 0.817. The van der Waals surface area contributed by atoms with E-state index in [-0.39, 0.29) is 11.9 Å². The molecule has 3 rings (SSSR count). The summed E-state index contributed by atoms with van der Waals surface area (Å²) in [6.45, 7) is 1.18. The Hall–Kier alpha value is -1.08. The molecule has 2 aliphatic carbocycles. The van der Waals surface area contributed by atoms with Gasteiger partial charge in [0.2, 0.25) is 5.91 Å². The molecule has 4 atom stereocenters. The molecule has 2 saturated carbocycles. The number of nitrogens with zero attached hydrogens (tertiary/aromatic N) is 2. The molecule has 0 spiro atoms. The maximum absolute atomic E-state index is 12.1. The Morgan fingerprint density at radius 2 is 2.22 bits per heavy atom. The van der Waals surface area contributed by atoms with E-state index < -0.39 is 0 Å². The highest BCUT2D eigenvalue weighted by atomic mass is 16.2. The van der Waals surface area contributed by atoms with Crippen LogP contribution in [0.15, 0.2) is 0 Å². The number of hydrogen-bond acceptors (Lipinski definition) is 3. The summed E-state index contributed by atoms with van der Waals surface area (Å²) in [6, 6.07) is 2.60. The van der Waals surface area contributed by atoms with Gasteiger partial charge in [0.1, 0.15) is 6.04 Å². The van der Waals surface area contributed by atoms with E-state index >= 15 is 0 Å². The van der Waals surface area contributed by atoms with Crippen LogP contribution in [0, 0.1) is 23.2 Å². The first-order valence-electron chi connectivity index (χ1n) is 7.20. The summed E-state index contributed by atoms with van der Waals surface area (Å²) in [6.07, 6.45) is 7.14. The molecule has 2 bridgehead atoms. The van der Waals surface area contributed by atoms with E-state index in [1.54, 1.807) is 4.90 Å². The molecule has 0 aromatic rings. The van der Waals surface area contributed by atoms with Gasteiger partial charge in [-0.2, -0.15) is 5.26 Å². The molecule has 1 heterocycles. The van der Waals surface area contributed by atoms with Gasteiger partial charge in [0.05, 0.1) is 12.6 Å². The molecule has 0 aromatic heterocycles. The smallest absolute Gasteiger partial charge is 0.237 e. The monoisotopic (exact) mass is 247 g/mol. The maximum atomic E-state index is 12.1. The van der Waals surface area contributed by atoms with Gasteiger partial charge >= 0.3 is 0 Å². The van der Waals surface area contributed by atoms with Gasteiger partial charge in [-0.05, 0) is 43.9 Å². The third-order valence-electron chi connectivity index (χ3n) is 4.98. The van der Waals surface area contributed by atoms with Crippen molar-refractivity contribution in [3.8, 4) is 6.07 Å². The van der Waals surface area contributed by atoms with Crippen LogP contribution in [0.5, 0.6) is 0 Å². The number of rotatable bonds is 3. The molecule has 3 aliphatic rings. The van der Waals surface area contributed by atoms with Crippen molar-refractivity contribution in [2.24, 2.45) is 11.8 Å². The fourth-order valence-corrected chi connectivity index (χ4v) is 4.01. The van der Waals surface area contributed by atoms with Crippen LogP contribution in [-0.2, 0) is 4.79 Å². The van der Waals surface area contributed by atoms with Crippen molar-refractivity contribution in [1.29, 1.82) is 5.26 Å². The van der Waals surface area contributed by atoms with E-state index in [4.69, 9.17) is 5.26 Å². The van der Waals surface area contributed by atoms with Crippen LogP contribution in [0.3, 0.4) is 0 Å². The highest BCUT2D eigenvalue weighted by molar-refractivity contribution is 5.79. The standard InChI is InChI=1S/C14H21N3O/c15-8-12-2-1-5-17(12)14(18)9-16-13-7-10-3-4-11(13)6-10/h10-13,16H,1-7,9H2/t10?,11?,12-,13-/m0/s1. The molecule has 0 radical (unpaired) electrons.